The minimum absolute atomic E-state index is 0.194. The lowest BCUT2D eigenvalue weighted by Crippen LogP contribution is -2.13. The molecule has 0 saturated carbocycles. The summed E-state index contributed by atoms with van der Waals surface area (Å²) >= 11 is 1.91. The molecular weight excluding hydrogens is 221 g/mol. The van der Waals surface area contributed by atoms with Gasteiger partial charge in [0.2, 0.25) is 5.91 Å². The van der Waals surface area contributed by atoms with Crippen molar-refractivity contribution >= 4 is 34.4 Å². The van der Waals surface area contributed by atoms with Gasteiger partial charge in [0.05, 0.1) is 0 Å². The van der Waals surface area contributed by atoms with Crippen molar-refractivity contribution in [1.82, 2.24) is 5.32 Å². The van der Waals surface area contributed by atoms with Crippen molar-refractivity contribution in [1.29, 1.82) is 0 Å². The maximum atomic E-state index is 10.4. The lowest BCUT2D eigenvalue weighted by atomic mass is 10.4. The average Bonchev–Trinajstić information content (AvgIpc) is 1.85. The Kier molecular flexibility index (Phi) is 1.50. The molecular formula is C4H3INO2. The number of carbonyl (C=O) groups excluding carboxylic acids is 2. The van der Waals surface area contributed by atoms with Gasteiger partial charge in [-0.05, 0) is 0 Å². The van der Waals surface area contributed by atoms with E-state index in [0.29, 0.717) is 6.42 Å². The van der Waals surface area contributed by atoms with Crippen LogP contribution in [0, 0.1) is 0 Å². The SMILES string of the molecule is O=C1CC(I)C(=O)[N]1. The van der Waals surface area contributed by atoms with Crippen LogP contribution in [0.3, 0.4) is 0 Å². The summed E-state index contributed by atoms with van der Waals surface area (Å²) < 4.78 is -0.194. The lowest BCUT2D eigenvalue weighted by Gasteiger charge is -1.84. The zero-order chi connectivity index (χ0) is 6.15. The van der Waals surface area contributed by atoms with Crippen molar-refractivity contribution < 1.29 is 9.59 Å². The first-order chi connectivity index (χ1) is 3.70. The maximum absolute atomic E-state index is 10.4. The minimum atomic E-state index is -0.283. The van der Waals surface area contributed by atoms with Crippen LogP contribution in [-0.4, -0.2) is 15.7 Å². The summed E-state index contributed by atoms with van der Waals surface area (Å²) in [4.78, 5) is 20.7. The summed E-state index contributed by atoms with van der Waals surface area (Å²) in [6.07, 6.45) is 0.291. The second-order valence-electron chi connectivity index (χ2n) is 1.52. The van der Waals surface area contributed by atoms with Crippen LogP contribution in [0.4, 0.5) is 0 Å². The fourth-order valence-corrected chi connectivity index (χ4v) is 0.995. The van der Waals surface area contributed by atoms with Gasteiger partial charge < -0.3 is 0 Å². The average molecular weight is 224 g/mol. The quantitative estimate of drug-likeness (QED) is 0.326. The molecule has 1 saturated heterocycles. The van der Waals surface area contributed by atoms with Crippen molar-refractivity contribution in [2.75, 3.05) is 0 Å². The highest BCUT2D eigenvalue weighted by molar-refractivity contribution is 14.1. The Bertz CT molecular complexity index is 145. The van der Waals surface area contributed by atoms with Crippen molar-refractivity contribution in [2.24, 2.45) is 0 Å². The Morgan fingerprint density at radius 3 is 2.38 bits per heavy atom. The third-order valence-corrected chi connectivity index (χ3v) is 1.83. The van der Waals surface area contributed by atoms with Crippen LogP contribution in [0.15, 0.2) is 0 Å². The van der Waals surface area contributed by atoms with E-state index in [1.165, 1.54) is 0 Å². The fourth-order valence-electron chi connectivity index (χ4n) is 0.479. The van der Waals surface area contributed by atoms with Crippen LogP contribution in [0.5, 0.6) is 0 Å². The molecule has 1 fully saturated rings. The van der Waals surface area contributed by atoms with Crippen molar-refractivity contribution in [3.05, 3.63) is 0 Å². The number of rotatable bonds is 0. The van der Waals surface area contributed by atoms with Gasteiger partial charge in [-0.25, -0.2) is 0 Å². The van der Waals surface area contributed by atoms with E-state index in [2.05, 4.69) is 5.32 Å². The van der Waals surface area contributed by atoms with Crippen LogP contribution < -0.4 is 5.32 Å². The largest absolute Gasteiger partial charge is 0.272 e. The van der Waals surface area contributed by atoms with Crippen molar-refractivity contribution in [3.63, 3.8) is 0 Å². The summed E-state index contributed by atoms with van der Waals surface area (Å²) in [5.41, 5.74) is 0. The number of amides is 2. The van der Waals surface area contributed by atoms with Gasteiger partial charge in [-0.3, -0.25) is 9.59 Å². The van der Waals surface area contributed by atoms with Crippen LogP contribution >= 0.6 is 22.6 Å². The highest BCUT2D eigenvalue weighted by Crippen LogP contribution is 2.12. The van der Waals surface area contributed by atoms with Gasteiger partial charge in [0.25, 0.3) is 5.91 Å². The van der Waals surface area contributed by atoms with Gasteiger partial charge in [-0.2, -0.15) is 5.32 Å². The number of alkyl halides is 1. The molecule has 0 bridgehead atoms. The molecule has 0 spiro atoms. The fraction of sp³-hybridized carbons (Fsp3) is 0.500. The number of hydrogen-bond donors (Lipinski definition) is 0. The molecule has 1 rings (SSSR count). The number of hydrogen-bond acceptors (Lipinski definition) is 2. The predicted octanol–water partition coefficient (Wildman–Crippen LogP) is -0.149. The summed E-state index contributed by atoms with van der Waals surface area (Å²) in [7, 11) is 0. The smallest absolute Gasteiger partial charge is 0.262 e. The molecule has 1 radical (unpaired) electrons. The zero-order valence-corrected chi connectivity index (χ0v) is 6.08. The predicted molar refractivity (Wildman–Crippen MR) is 34.6 cm³/mol. The maximum Gasteiger partial charge on any atom is 0.262 e. The highest BCUT2D eigenvalue weighted by Gasteiger charge is 2.29. The van der Waals surface area contributed by atoms with Crippen molar-refractivity contribution in [2.45, 2.75) is 10.3 Å². The third kappa shape index (κ3) is 0.988. The Labute approximate surface area is 60.0 Å². The van der Waals surface area contributed by atoms with E-state index in [0.717, 1.165) is 0 Å². The first-order valence-electron chi connectivity index (χ1n) is 2.12. The first-order valence-corrected chi connectivity index (χ1v) is 3.37. The van der Waals surface area contributed by atoms with E-state index in [-0.39, 0.29) is 15.7 Å². The molecule has 1 heterocycles. The molecule has 0 aliphatic carbocycles. The molecule has 1 unspecified atom stereocenters. The van der Waals surface area contributed by atoms with Gasteiger partial charge in [0.15, 0.2) is 0 Å². The van der Waals surface area contributed by atoms with E-state index in [1.54, 1.807) is 0 Å². The number of nitrogens with zero attached hydrogens (tertiary/aromatic N) is 1. The summed E-state index contributed by atoms with van der Waals surface area (Å²) in [6.45, 7) is 0. The molecule has 0 aromatic rings. The Balaban J connectivity index is 2.64. The third-order valence-electron chi connectivity index (χ3n) is 0.857. The molecule has 43 valence electrons. The topological polar surface area (TPSA) is 48.2 Å². The van der Waals surface area contributed by atoms with Gasteiger partial charge in [0, 0.05) is 6.42 Å². The molecule has 8 heavy (non-hydrogen) atoms. The van der Waals surface area contributed by atoms with Crippen LogP contribution in [0.1, 0.15) is 6.42 Å². The number of imide groups is 1. The van der Waals surface area contributed by atoms with E-state index >= 15 is 0 Å². The molecule has 0 aromatic heterocycles. The number of carbonyl (C=O) groups is 2. The zero-order valence-electron chi connectivity index (χ0n) is 3.93. The van der Waals surface area contributed by atoms with E-state index in [9.17, 15) is 9.59 Å². The highest BCUT2D eigenvalue weighted by atomic mass is 127. The molecule has 0 aromatic carbocycles. The Morgan fingerprint density at radius 2 is 2.25 bits per heavy atom. The molecule has 1 aliphatic rings. The second-order valence-corrected chi connectivity index (χ2v) is 3.02. The van der Waals surface area contributed by atoms with Gasteiger partial charge in [-0.15, -0.1) is 0 Å². The monoisotopic (exact) mass is 224 g/mol. The van der Waals surface area contributed by atoms with Gasteiger partial charge in [0.1, 0.15) is 3.92 Å². The molecule has 4 heteroatoms. The summed E-state index contributed by atoms with van der Waals surface area (Å²) in [5.74, 6) is -0.565. The van der Waals surface area contributed by atoms with Crippen LogP contribution in [0.25, 0.3) is 0 Å². The molecule has 0 N–H and O–H groups in total. The van der Waals surface area contributed by atoms with Crippen LogP contribution in [-0.2, 0) is 9.59 Å². The van der Waals surface area contributed by atoms with Gasteiger partial charge >= 0.3 is 0 Å². The summed E-state index contributed by atoms with van der Waals surface area (Å²) in [5, 5.41) is 3.18. The first kappa shape index (κ1) is 6.00. The Hall–Kier alpha value is -0.130. The molecule has 3 nitrogen and oxygen atoms in total. The lowest BCUT2D eigenvalue weighted by molar-refractivity contribution is -0.125. The van der Waals surface area contributed by atoms with Crippen LogP contribution in [0.2, 0.25) is 0 Å². The molecule has 2 amide bonds. The normalized spacial score (nSPS) is 28.4. The van der Waals surface area contributed by atoms with E-state index in [4.69, 9.17) is 0 Å². The standard InChI is InChI=1S/C4H3INO2/c5-2-1-3(7)6-4(2)8/h2H,1H2. The van der Waals surface area contributed by atoms with Gasteiger partial charge in [-0.1, -0.05) is 22.6 Å². The number of halogens is 1. The Morgan fingerprint density at radius 1 is 1.62 bits per heavy atom. The van der Waals surface area contributed by atoms with E-state index in [1.807, 2.05) is 22.6 Å². The minimum Gasteiger partial charge on any atom is -0.272 e. The summed E-state index contributed by atoms with van der Waals surface area (Å²) in [6, 6.07) is 0. The molecule has 1 atom stereocenters. The molecule has 1 aliphatic heterocycles. The second kappa shape index (κ2) is 2.00. The van der Waals surface area contributed by atoms with E-state index < -0.39 is 0 Å². The van der Waals surface area contributed by atoms with Crippen molar-refractivity contribution in [3.8, 4) is 0 Å².